The van der Waals surface area contributed by atoms with Crippen molar-refractivity contribution >= 4 is 11.8 Å². The van der Waals surface area contributed by atoms with Crippen LogP contribution in [0.3, 0.4) is 0 Å². The lowest BCUT2D eigenvalue weighted by Gasteiger charge is -2.31. The Morgan fingerprint density at radius 1 is 1.20 bits per heavy atom. The van der Waals surface area contributed by atoms with E-state index in [0.29, 0.717) is 5.25 Å². The molecule has 3 rings (SSSR count). The molecule has 20 heavy (non-hydrogen) atoms. The second kappa shape index (κ2) is 6.09. The predicted molar refractivity (Wildman–Crippen MR) is 84.8 cm³/mol. The molecule has 0 radical (unpaired) electrons. The van der Waals surface area contributed by atoms with Crippen LogP contribution in [-0.2, 0) is 6.42 Å². The van der Waals surface area contributed by atoms with Crippen LogP contribution < -0.4 is 0 Å². The topological polar surface area (TPSA) is 0 Å². The Morgan fingerprint density at radius 3 is 2.65 bits per heavy atom. The van der Waals surface area contributed by atoms with Crippen molar-refractivity contribution in [1.82, 2.24) is 0 Å². The Kier molecular flexibility index (Phi) is 4.40. The van der Waals surface area contributed by atoms with E-state index in [1.807, 2.05) is 24.8 Å². The fourth-order valence-corrected chi connectivity index (χ4v) is 5.51. The van der Waals surface area contributed by atoms with Crippen LogP contribution >= 0.6 is 11.8 Å². The third-order valence-electron chi connectivity index (χ3n) is 5.18. The molecule has 1 heterocycles. The Hall–Kier alpha value is -0.500. The maximum Gasteiger partial charge on any atom is 0.139 e. The summed E-state index contributed by atoms with van der Waals surface area (Å²) in [6.07, 6.45) is 9.32. The Bertz CT molecular complexity index is 475. The summed E-state index contributed by atoms with van der Waals surface area (Å²) in [7, 11) is 0. The molecular weight excluding hydrogens is 267 g/mol. The van der Waals surface area contributed by atoms with E-state index in [0.717, 1.165) is 28.7 Å². The van der Waals surface area contributed by atoms with E-state index in [4.69, 9.17) is 0 Å². The first-order valence-corrected chi connectivity index (χ1v) is 9.01. The van der Waals surface area contributed by atoms with Gasteiger partial charge in [0.05, 0.1) is 0 Å². The van der Waals surface area contributed by atoms with Crippen LogP contribution in [0.1, 0.15) is 56.6 Å². The fourth-order valence-electron chi connectivity index (χ4n) is 3.91. The third kappa shape index (κ3) is 2.77. The van der Waals surface area contributed by atoms with E-state index >= 15 is 0 Å². The van der Waals surface area contributed by atoms with Gasteiger partial charge in [-0.05, 0) is 49.1 Å². The fraction of sp³-hybridized carbons (Fsp3) is 0.667. The second-order valence-electron chi connectivity index (χ2n) is 6.61. The summed E-state index contributed by atoms with van der Waals surface area (Å²) in [4.78, 5) is 0.950. The lowest BCUT2D eigenvalue weighted by molar-refractivity contribution is 0.258. The van der Waals surface area contributed by atoms with Gasteiger partial charge < -0.3 is 0 Å². The molecule has 0 N–H and O–H groups in total. The van der Waals surface area contributed by atoms with Gasteiger partial charge in [0.15, 0.2) is 0 Å². The Labute approximate surface area is 126 Å². The Morgan fingerprint density at radius 2 is 1.95 bits per heavy atom. The molecule has 0 bridgehead atoms. The first-order chi connectivity index (χ1) is 9.69. The monoisotopic (exact) mass is 292 g/mol. The number of rotatable bonds is 3. The highest BCUT2D eigenvalue weighted by molar-refractivity contribution is 8.00. The number of aryl methyl sites for hydroxylation is 1. The van der Waals surface area contributed by atoms with Gasteiger partial charge in [0, 0.05) is 10.1 Å². The predicted octanol–water partition coefficient (Wildman–Crippen LogP) is 5.76. The number of hydrogen-bond acceptors (Lipinski definition) is 1. The van der Waals surface area contributed by atoms with Crippen LogP contribution in [0.2, 0.25) is 0 Å². The first-order valence-electron chi connectivity index (χ1n) is 8.13. The van der Waals surface area contributed by atoms with Crippen molar-refractivity contribution in [3.63, 3.8) is 0 Å². The average molecular weight is 292 g/mol. The minimum atomic E-state index is 0.0367. The maximum absolute atomic E-state index is 14.2. The SMILES string of the molecule is CCCC1CCC([C@@H]2Cc3ccc(C)c(F)c3S2)CC1. The summed E-state index contributed by atoms with van der Waals surface area (Å²) in [5.74, 6) is 1.80. The normalized spacial score (nSPS) is 29.4. The van der Waals surface area contributed by atoms with Crippen molar-refractivity contribution < 1.29 is 4.39 Å². The molecule has 1 atom stereocenters. The van der Waals surface area contributed by atoms with Gasteiger partial charge >= 0.3 is 0 Å². The van der Waals surface area contributed by atoms with Gasteiger partial charge in [-0.1, -0.05) is 44.7 Å². The molecule has 2 aliphatic rings. The number of fused-ring (bicyclic) bond motifs is 1. The van der Waals surface area contributed by atoms with Gasteiger partial charge in [-0.2, -0.15) is 0 Å². The second-order valence-corrected chi connectivity index (χ2v) is 7.86. The van der Waals surface area contributed by atoms with Crippen molar-refractivity contribution in [2.75, 3.05) is 0 Å². The summed E-state index contributed by atoms with van der Waals surface area (Å²) in [6.45, 7) is 4.17. The van der Waals surface area contributed by atoms with Gasteiger partial charge in [-0.3, -0.25) is 0 Å². The minimum absolute atomic E-state index is 0.0367. The molecule has 1 aromatic carbocycles. The van der Waals surface area contributed by atoms with Crippen LogP contribution in [0.25, 0.3) is 0 Å². The molecule has 1 aliphatic heterocycles. The van der Waals surface area contributed by atoms with E-state index < -0.39 is 0 Å². The molecular formula is C18H25FS. The van der Waals surface area contributed by atoms with Crippen molar-refractivity contribution in [1.29, 1.82) is 0 Å². The highest BCUT2D eigenvalue weighted by atomic mass is 32.2. The summed E-state index contributed by atoms with van der Waals surface area (Å²) in [5, 5.41) is 0.629. The van der Waals surface area contributed by atoms with E-state index in [1.54, 1.807) is 0 Å². The van der Waals surface area contributed by atoms with Crippen molar-refractivity contribution in [3.8, 4) is 0 Å². The van der Waals surface area contributed by atoms with E-state index in [-0.39, 0.29) is 5.82 Å². The molecule has 0 saturated heterocycles. The van der Waals surface area contributed by atoms with Gasteiger partial charge in [0.1, 0.15) is 5.82 Å². The summed E-state index contributed by atoms with van der Waals surface area (Å²) >= 11 is 1.82. The van der Waals surface area contributed by atoms with E-state index in [1.165, 1.54) is 44.1 Å². The summed E-state index contributed by atoms with van der Waals surface area (Å²) < 4.78 is 14.2. The first kappa shape index (κ1) is 14.4. The van der Waals surface area contributed by atoms with Crippen LogP contribution in [-0.4, -0.2) is 5.25 Å². The molecule has 1 aromatic rings. The molecule has 0 spiro atoms. The molecule has 0 nitrogen and oxygen atoms in total. The molecule has 110 valence electrons. The van der Waals surface area contributed by atoms with Gasteiger partial charge in [-0.15, -0.1) is 11.8 Å². The smallest absolute Gasteiger partial charge is 0.139 e. The zero-order valence-electron chi connectivity index (χ0n) is 12.6. The lowest BCUT2D eigenvalue weighted by atomic mass is 9.78. The molecule has 0 aromatic heterocycles. The summed E-state index contributed by atoms with van der Waals surface area (Å²) in [6, 6.07) is 4.08. The van der Waals surface area contributed by atoms with Crippen molar-refractivity contribution in [3.05, 3.63) is 29.1 Å². The highest BCUT2D eigenvalue weighted by Gasteiger charge is 2.33. The largest absolute Gasteiger partial charge is 0.205 e. The van der Waals surface area contributed by atoms with Crippen LogP contribution in [0.5, 0.6) is 0 Å². The molecule has 1 aliphatic carbocycles. The van der Waals surface area contributed by atoms with Gasteiger partial charge in [0.25, 0.3) is 0 Å². The van der Waals surface area contributed by atoms with Crippen molar-refractivity contribution in [2.24, 2.45) is 11.8 Å². The van der Waals surface area contributed by atoms with E-state index in [9.17, 15) is 4.39 Å². The highest BCUT2D eigenvalue weighted by Crippen LogP contribution is 2.47. The molecule has 2 heteroatoms. The maximum atomic E-state index is 14.2. The van der Waals surface area contributed by atoms with Crippen LogP contribution in [0, 0.1) is 24.6 Å². The zero-order chi connectivity index (χ0) is 14.1. The molecule has 0 unspecified atom stereocenters. The molecule has 1 saturated carbocycles. The molecule has 0 amide bonds. The van der Waals surface area contributed by atoms with Crippen LogP contribution in [0.4, 0.5) is 4.39 Å². The number of benzene rings is 1. The standard InChI is InChI=1S/C18H25FS/c1-3-4-13-6-9-14(10-7-13)16-11-15-8-5-12(2)17(19)18(15)20-16/h5,8,13-14,16H,3-4,6-7,9-11H2,1-2H3/t13?,14?,16-/m0/s1. The molecule has 1 fully saturated rings. The number of thioether (sulfide) groups is 1. The van der Waals surface area contributed by atoms with Crippen molar-refractivity contribution in [2.45, 2.75) is 68.9 Å². The minimum Gasteiger partial charge on any atom is -0.205 e. The van der Waals surface area contributed by atoms with Crippen LogP contribution in [0.15, 0.2) is 17.0 Å². The third-order valence-corrected chi connectivity index (χ3v) is 6.71. The van der Waals surface area contributed by atoms with Gasteiger partial charge in [0.2, 0.25) is 0 Å². The summed E-state index contributed by atoms with van der Waals surface area (Å²) in [5.41, 5.74) is 2.04. The Balaban J connectivity index is 1.63. The lowest BCUT2D eigenvalue weighted by Crippen LogP contribution is -2.23. The van der Waals surface area contributed by atoms with Gasteiger partial charge in [-0.25, -0.2) is 4.39 Å². The average Bonchev–Trinajstić information content (AvgIpc) is 2.89. The number of hydrogen-bond donors (Lipinski definition) is 0. The van der Waals surface area contributed by atoms with E-state index in [2.05, 4.69) is 13.0 Å². The zero-order valence-corrected chi connectivity index (χ0v) is 13.4. The number of halogens is 1. The quantitative estimate of drug-likeness (QED) is 0.682.